The van der Waals surface area contributed by atoms with E-state index in [1.807, 2.05) is 0 Å². The van der Waals surface area contributed by atoms with Crippen molar-refractivity contribution in [3.8, 4) is 0 Å². The number of aromatic nitrogens is 1. The fourth-order valence-electron chi connectivity index (χ4n) is 2.28. The molecule has 0 saturated heterocycles. The van der Waals surface area contributed by atoms with E-state index in [2.05, 4.69) is 10.3 Å². The van der Waals surface area contributed by atoms with Crippen molar-refractivity contribution in [1.29, 1.82) is 0 Å². The van der Waals surface area contributed by atoms with Crippen LogP contribution in [0, 0.1) is 0 Å². The lowest BCUT2D eigenvalue weighted by Gasteiger charge is -2.10. The third-order valence-electron chi connectivity index (χ3n) is 3.60. The normalized spacial score (nSPS) is 11.9. The molecule has 0 radical (unpaired) electrons. The first kappa shape index (κ1) is 15.8. The molecule has 122 valence electrons. The van der Waals surface area contributed by atoms with Gasteiger partial charge in [0.05, 0.1) is 12.8 Å². The summed E-state index contributed by atoms with van der Waals surface area (Å²) in [5, 5.41) is 12.5. The molecule has 6 heteroatoms. The summed E-state index contributed by atoms with van der Waals surface area (Å²) in [6.07, 6.45) is 3.86. The molecule has 1 unspecified atom stereocenters. The fraction of sp³-hybridized carbons (Fsp3) is 0.111. The Hall–Kier alpha value is -3.12. The van der Waals surface area contributed by atoms with Crippen molar-refractivity contribution in [3.05, 3.63) is 83.6 Å². The van der Waals surface area contributed by atoms with Gasteiger partial charge in [0.25, 0.3) is 5.91 Å². The second-order valence-corrected chi connectivity index (χ2v) is 5.25. The van der Waals surface area contributed by atoms with E-state index in [0.717, 1.165) is 0 Å². The lowest BCUT2D eigenvalue weighted by atomic mass is 10.0. The molecule has 3 aromatic rings. The molecule has 0 bridgehead atoms. The van der Waals surface area contributed by atoms with Crippen molar-refractivity contribution in [3.63, 3.8) is 0 Å². The Kier molecular flexibility index (Phi) is 4.58. The number of ketones is 1. The van der Waals surface area contributed by atoms with Crippen molar-refractivity contribution in [2.24, 2.45) is 0 Å². The lowest BCUT2D eigenvalue weighted by molar-refractivity contribution is 0.0900. The number of benzene rings is 1. The van der Waals surface area contributed by atoms with Crippen LogP contribution in [-0.4, -0.2) is 28.3 Å². The highest BCUT2D eigenvalue weighted by molar-refractivity contribution is 6.09. The van der Waals surface area contributed by atoms with Gasteiger partial charge >= 0.3 is 0 Å². The van der Waals surface area contributed by atoms with Gasteiger partial charge < -0.3 is 19.8 Å². The van der Waals surface area contributed by atoms with E-state index in [9.17, 15) is 14.7 Å². The van der Waals surface area contributed by atoms with Crippen LogP contribution < -0.4 is 5.32 Å². The number of aliphatic hydroxyl groups excluding tert-OH is 1. The number of hydrogen-bond donors (Lipinski definition) is 3. The Balaban J connectivity index is 1.61. The molecule has 0 aliphatic rings. The monoisotopic (exact) mass is 324 g/mol. The van der Waals surface area contributed by atoms with Crippen molar-refractivity contribution >= 4 is 11.7 Å². The molecule has 3 N–H and O–H groups in total. The Labute approximate surface area is 138 Å². The molecule has 0 aliphatic heterocycles. The highest BCUT2D eigenvalue weighted by Gasteiger charge is 2.14. The second kappa shape index (κ2) is 6.97. The topological polar surface area (TPSA) is 95.3 Å². The Morgan fingerprint density at radius 1 is 1.08 bits per heavy atom. The smallest absolute Gasteiger partial charge is 0.251 e. The van der Waals surface area contributed by atoms with Crippen molar-refractivity contribution in [2.75, 3.05) is 6.54 Å². The SMILES string of the molecule is O=C(NCC(O)c1ccco1)c1ccc(C(=O)c2cc[nH]c2)cc1. The number of aliphatic hydroxyl groups is 1. The quantitative estimate of drug-likeness (QED) is 0.606. The number of nitrogens with one attached hydrogen (secondary N) is 2. The minimum absolute atomic E-state index is 0.0381. The number of aromatic amines is 1. The van der Waals surface area contributed by atoms with Crippen LogP contribution >= 0.6 is 0 Å². The Morgan fingerprint density at radius 3 is 2.46 bits per heavy atom. The van der Waals surface area contributed by atoms with Crippen LogP contribution in [0.15, 0.2) is 65.5 Å². The van der Waals surface area contributed by atoms with Gasteiger partial charge in [-0.1, -0.05) is 12.1 Å². The third kappa shape index (κ3) is 3.44. The van der Waals surface area contributed by atoms with Crippen molar-refractivity contribution < 1.29 is 19.1 Å². The summed E-state index contributed by atoms with van der Waals surface area (Å²) in [5.41, 5.74) is 1.47. The Morgan fingerprint density at radius 2 is 1.83 bits per heavy atom. The Bertz CT molecular complexity index is 805. The summed E-state index contributed by atoms with van der Waals surface area (Å²) in [6.45, 7) is 0.0381. The minimum Gasteiger partial charge on any atom is -0.467 e. The van der Waals surface area contributed by atoms with Gasteiger partial charge in [-0.3, -0.25) is 9.59 Å². The van der Waals surface area contributed by atoms with E-state index >= 15 is 0 Å². The van der Waals surface area contributed by atoms with Crippen molar-refractivity contribution in [1.82, 2.24) is 10.3 Å². The zero-order chi connectivity index (χ0) is 16.9. The van der Waals surface area contributed by atoms with E-state index in [1.165, 1.54) is 6.26 Å². The fourth-order valence-corrected chi connectivity index (χ4v) is 2.28. The summed E-state index contributed by atoms with van der Waals surface area (Å²) in [5.74, 6) is -0.0551. The number of H-pyrrole nitrogens is 1. The molecule has 2 heterocycles. The number of hydrogen-bond acceptors (Lipinski definition) is 4. The molecule has 0 aliphatic carbocycles. The van der Waals surface area contributed by atoms with Crippen LogP contribution in [0.25, 0.3) is 0 Å². The van der Waals surface area contributed by atoms with Crippen LogP contribution in [0.4, 0.5) is 0 Å². The molecule has 1 aromatic carbocycles. The molecule has 3 rings (SSSR count). The largest absolute Gasteiger partial charge is 0.467 e. The molecule has 1 atom stereocenters. The van der Waals surface area contributed by atoms with Crippen LogP contribution in [0.2, 0.25) is 0 Å². The predicted molar refractivity (Wildman–Crippen MR) is 86.7 cm³/mol. The summed E-state index contributed by atoms with van der Waals surface area (Å²) < 4.78 is 5.07. The lowest BCUT2D eigenvalue weighted by Crippen LogP contribution is -2.28. The van der Waals surface area contributed by atoms with Gasteiger partial charge in [0.1, 0.15) is 11.9 Å². The molecule has 2 aromatic heterocycles. The number of carbonyl (C=O) groups excluding carboxylic acids is 2. The summed E-state index contributed by atoms with van der Waals surface area (Å²) in [4.78, 5) is 27.1. The molecule has 0 spiro atoms. The van der Waals surface area contributed by atoms with Gasteiger partial charge in [0.2, 0.25) is 0 Å². The van der Waals surface area contributed by atoms with Gasteiger partial charge in [0.15, 0.2) is 5.78 Å². The molecular formula is C18H16N2O4. The molecule has 0 fully saturated rings. The standard InChI is InChI=1S/C18H16N2O4/c21-15(16-2-1-9-24-16)11-20-18(23)13-5-3-12(4-6-13)17(22)14-7-8-19-10-14/h1-10,15,19,21H,11H2,(H,20,23). The average molecular weight is 324 g/mol. The van der Waals surface area contributed by atoms with E-state index < -0.39 is 6.10 Å². The molecule has 0 saturated carbocycles. The zero-order valence-electron chi connectivity index (χ0n) is 12.7. The molecule has 24 heavy (non-hydrogen) atoms. The van der Waals surface area contributed by atoms with E-state index in [0.29, 0.717) is 22.5 Å². The number of carbonyl (C=O) groups is 2. The number of furan rings is 1. The third-order valence-corrected chi connectivity index (χ3v) is 3.60. The molecule has 1 amide bonds. The van der Waals surface area contributed by atoms with Gasteiger partial charge in [0, 0.05) is 29.1 Å². The highest BCUT2D eigenvalue weighted by Crippen LogP contribution is 2.13. The van der Waals surface area contributed by atoms with Crippen LogP contribution in [0.1, 0.15) is 38.1 Å². The van der Waals surface area contributed by atoms with Gasteiger partial charge in [-0.05, 0) is 30.3 Å². The first-order valence-electron chi connectivity index (χ1n) is 7.42. The molecular weight excluding hydrogens is 308 g/mol. The van der Waals surface area contributed by atoms with E-state index in [4.69, 9.17) is 4.42 Å². The first-order valence-corrected chi connectivity index (χ1v) is 7.42. The second-order valence-electron chi connectivity index (χ2n) is 5.25. The zero-order valence-corrected chi connectivity index (χ0v) is 12.7. The van der Waals surface area contributed by atoms with Crippen LogP contribution in [-0.2, 0) is 0 Å². The van der Waals surface area contributed by atoms with E-state index in [-0.39, 0.29) is 18.2 Å². The average Bonchev–Trinajstić information content (AvgIpc) is 3.32. The van der Waals surface area contributed by atoms with Crippen LogP contribution in [0.5, 0.6) is 0 Å². The number of amides is 1. The first-order chi connectivity index (χ1) is 11.6. The van der Waals surface area contributed by atoms with E-state index in [1.54, 1.807) is 54.9 Å². The summed E-state index contributed by atoms with van der Waals surface area (Å²) in [7, 11) is 0. The minimum atomic E-state index is -0.904. The summed E-state index contributed by atoms with van der Waals surface area (Å²) in [6, 6.07) is 11.4. The van der Waals surface area contributed by atoms with Gasteiger partial charge in [-0.2, -0.15) is 0 Å². The van der Waals surface area contributed by atoms with Gasteiger partial charge in [-0.15, -0.1) is 0 Å². The maximum absolute atomic E-state index is 12.2. The maximum Gasteiger partial charge on any atom is 0.251 e. The van der Waals surface area contributed by atoms with Crippen LogP contribution in [0.3, 0.4) is 0 Å². The molecule has 6 nitrogen and oxygen atoms in total. The summed E-state index contributed by atoms with van der Waals surface area (Å²) >= 11 is 0. The highest BCUT2D eigenvalue weighted by atomic mass is 16.4. The maximum atomic E-state index is 12.2. The van der Waals surface area contributed by atoms with Gasteiger partial charge in [-0.25, -0.2) is 0 Å². The predicted octanol–water partition coefficient (Wildman–Crippen LogP) is 2.30. The number of rotatable bonds is 6. The van der Waals surface area contributed by atoms with Crippen molar-refractivity contribution in [2.45, 2.75) is 6.10 Å².